The second-order valence-corrected chi connectivity index (χ2v) is 9.35. The highest BCUT2D eigenvalue weighted by molar-refractivity contribution is 7.99. The quantitative estimate of drug-likeness (QED) is 0.618. The van der Waals surface area contributed by atoms with Crippen LogP contribution < -0.4 is 0 Å². The van der Waals surface area contributed by atoms with E-state index in [0.717, 1.165) is 28.3 Å². The third-order valence-electron chi connectivity index (χ3n) is 4.06. The molecule has 25 heavy (non-hydrogen) atoms. The van der Waals surface area contributed by atoms with Gasteiger partial charge >= 0.3 is 0 Å². The Bertz CT molecular complexity index is 860. The van der Waals surface area contributed by atoms with E-state index in [2.05, 4.69) is 58.0 Å². The van der Waals surface area contributed by atoms with Gasteiger partial charge in [0.2, 0.25) is 0 Å². The molecular formula is C18H21N5S2. The molecule has 0 atom stereocenters. The lowest BCUT2D eigenvalue weighted by molar-refractivity contribution is 0.538. The van der Waals surface area contributed by atoms with Crippen molar-refractivity contribution >= 4 is 23.1 Å². The van der Waals surface area contributed by atoms with Gasteiger partial charge in [-0.25, -0.2) is 9.97 Å². The van der Waals surface area contributed by atoms with Gasteiger partial charge in [-0.1, -0.05) is 26.8 Å². The third kappa shape index (κ3) is 3.77. The lowest BCUT2D eigenvalue weighted by Crippen LogP contribution is -2.15. The first-order chi connectivity index (χ1) is 12.0. The number of rotatable bonds is 5. The first-order valence-electron chi connectivity index (χ1n) is 8.48. The molecule has 0 unspecified atom stereocenters. The van der Waals surface area contributed by atoms with Crippen molar-refractivity contribution in [3.05, 3.63) is 46.3 Å². The summed E-state index contributed by atoms with van der Waals surface area (Å²) in [7, 11) is 0. The predicted molar refractivity (Wildman–Crippen MR) is 100 cm³/mol. The number of hydrogen-bond donors (Lipinski definition) is 0. The van der Waals surface area contributed by atoms with Gasteiger partial charge < -0.3 is 4.57 Å². The van der Waals surface area contributed by atoms with Crippen molar-refractivity contribution in [3.63, 3.8) is 0 Å². The highest BCUT2D eigenvalue weighted by Gasteiger charge is 2.30. The number of thiophene rings is 1. The Morgan fingerprint density at radius 2 is 2.08 bits per heavy atom. The van der Waals surface area contributed by atoms with Gasteiger partial charge in [0.25, 0.3) is 0 Å². The van der Waals surface area contributed by atoms with Crippen LogP contribution in [-0.2, 0) is 11.8 Å². The van der Waals surface area contributed by atoms with E-state index in [-0.39, 0.29) is 5.41 Å². The van der Waals surface area contributed by atoms with Crippen LogP contribution >= 0.6 is 23.1 Å². The van der Waals surface area contributed by atoms with Gasteiger partial charge in [0.1, 0.15) is 16.7 Å². The molecule has 0 aromatic carbocycles. The first-order valence-corrected chi connectivity index (χ1v) is 10.2. The fourth-order valence-corrected chi connectivity index (χ4v) is 4.20. The standard InChI is InChI=1S/C18H21N5S2/c1-18(2,3)16-19-9-8-15(20-16)25-17-22-21-14(23(17)12-6-7-12)11-13-5-4-10-24-13/h4-5,8-10,12H,6-7,11H2,1-3H3. The molecule has 0 aliphatic heterocycles. The summed E-state index contributed by atoms with van der Waals surface area (Å²) in [6.07, 6.45) is 5.10. The molecule has 0 radical (unpaired) electrons. The zero-order chi connectivity index (χ0) is 17.4. The van der Waals surface area contributed by atoms with Crippen molar-refractivity contribution in [3.8, 4) is 0 Å². The minimum atomic E-state index is -0.0644. The van der Waals surface area contributed by atoms with Crippen molar-refractivity contribution < 1.29 is 0 Å². The molecule has 1 aliphatic carbocycles. The van der Waals surface area contributed by atoms with Crippen LogP contribution in [0.5, 0.6) is 0 Å². The zero-order valence-corrected chi connectivity index (χ0v) is 16.3. The normalized spacial score (nSPS) is 14.8. The van der Waals surface area contributed by atoms with E-state index in [1.807, 2.05) is 12.3 Å². The monoisotopic (exact) mass is 371 g/mol. The SMILES string of the molecule is CC(C)(C)c1nccc(Sc2nnc(Cc3cccs3)n2C2CC2)n1. The van der Waals surface area contributed by atoms with Crippen molar-refractivity contribution in [2.75, 3.05) is 0 Å². The van der Waals surface area contributed by atoms with Gasteiger partial charge in [-0.2, -0.15) is 0 Å². The lowest BCUT2D eigenvalue weighted by atomic mass is 9.96. The molecule has 0 saturated heterocycles. The van der Waals surface area contributed by atoms with E-state index < -0.39 is 0 Å². The Morgan fingerprint density at radius 3 is 2.76 bits per heavy atom. The van der Waals surface area contributed by atoms with Crippen molar-refractivity contribution in [2.24, 2.45) is 0 Å². The largest absolute Gasteiger partial charge is 0.302 e. The van der Waals surface area contributed by atoms with E-state index in [9.17, 15) is 0 Å². The van der Waals surface area contributed by atoms with Crippen LogP contribution in [0, 0.1) is 0 Å². The first kappa shape index (κ1) is 16.7. The summed E-state index contributed by atoms with van der Waals surface area (Å²) in [5, 5.41) is 12.9. The minimum absolute atomic E-state index is 0.0644. The average molecular weight is 372 g/mol. The maximum absolute atomic E-state index is 4.72. The molecule has 3 aromatic heterocycles. The smallest absolute Gasteiger partial charge is 0.197 e. The summed E-state index contributed by atoms with van der Waals surface area (Å²) in [6, 6.07) is 6.73. The molecule has 0 amide bonds. The summed E-state index contributed by atoms with van der Waals surface area (Å²) in [5.74, 6) is 1.91. The molecule has 130 valence electrons. The summed E-state index contributed by atoms with van der Waals surface area (Å²) in [4.78, 5) is 10.5. The third-order valence-corrected chi connectivity index (χ3v) is 5.83. The Kier molecular flexibility index (Phi) is 4.37. The summed E-state index contributed by atoms with van der Waals surface area (Å²) in [6.45, 7) is 6.38. The predicted octanol–water partition coefficient (Wildman–Crippen LogP) is 4.50. The Hall–Kier alpha value is -1.73. The van der Waals surface area contributed by atoms with E-state index >= 15 is 0 Å². The summed E-state index contributed by atoms with van der Waals surface area (Å²) < 4.78 is 2.31. The maximum Gasteiger partial charge on any atom is 0.197 e. The van der Waals surface area contributed by atoms with Gasteiger partial charge in [0.15, 0.2) is 5.16 Å². The second-order valence-electron chi connectivity index (χ2n) is 7.33. The van der Waals surface area contributed by atoms with Gasteiger partial charge in [0, 0.05) is 29.0 Å². The topological polar surface area (TPSA) is 56.5 Å². The van der Waals surface area contributed by atoms with Crippen LogP contribution in [0.3, 0.4) is 0 Å². The molecule has 0 spiro atoms. The molecule has 5 nitrogen and oxygen atoms in total. The molecule has 0 N–H and O–H groups in total. The van der Waals surface area contributed by atoms with Gasteiger partial charge in [-0.3, -0.25) is 0 Å². The fourth-order valence-electron chi connectivity index (χ4n) is 2.62. The van der Waals surface area contributed by atoms with Crippen molar-refractivity contribution in [2.45, 2.75) is 61.7 Å². The van der Waals surface area contributed by atoms with Gasteiger partial charge in [0.05, 0.1) is 0 Å². The van der Waals surface area contributed by atoms with E-state index in [0.29, 0.717) is 6.04 Å². The van der Waals surface area contributed by atoms with E-state index in [4.69, 9.17) is 4.98 Å². The number of hydrogen-bond acceptors (Lipinski definition) is 6. The highest BCUT2D eigenvalue weighted by atomic mass is 32.2. The number of aromatic nitrogens is 5. The molecule has 3 aromatic rings. The fraction of sp³-hybridized carbons (Fsp3) is 0.444. The molecule has 0 bridgehead atoms. The highest BCUT2D eigenvalue weighted by Crippen LogP contribution is 2.40. The van der Waals surface area contributed by atoms with Gasteiger partial charge in [-0.05, 0) is 42.1 Å². The molecule has 1 aliphatic rings. The Balaban J connectivity index is 1.62. The van der Waals surface area contributed by atoms with Crippen LogP contribution in [0.4, 0.5) is 0 Å². The minimum Gasteiger partial charge on any atom is -0.302 e. The second kappa shape index (κ2) is 6.53. The molecule has 1 saturated carbocycles. The summed E-state index contributed by atoms with van der Waals surface area (Å²) in [5.41, 5.74) is -0.0644. The van der Waals surface area contributed by atoms with E-state index in [1.54, 1.807) is 23.1 Å². The van der Waals surface area contributed by atoms with Crippen molar-refractivity contribution in [1.82, 2.24) is 24.7 Å². The zero-order valence-electron chi connectivity index (χ0n) is 14.6. The van der Waals surface area contributed by atoms with Crippen LogP contribution in [0.1, 0.15) is 56.2 Å². The molecule has 1 fully saturated rings. The van der Waals surface area contributed by atoms with Gasteiger partial charge in [-0.15, -0.1) is 21.5 Å². The Labute approximate surface area is 155 Å². The van der Waals surface area contributed by atoms with E-state index in [1.165, 1.54) is 17.7 Å². The lowest BCUT2D eigenvalue weighted by Gasteiger charge is -2.16. The summed E-state index contributed by atoms with van der Waals surface area (Å²) >= 11 is 3.36. The van der Waals surface area contributed by atoms with Crippen LogP contribution in [0.2, 0.25) is 0 Å². The number of nitrogens with zero attached hydrogens (tertiary/aromatic N) is 5. The van der Waals surface area contributed by atoms with Crippen LogP contribution in [0.15, 0.2) is 40.0 Å². The molecule has 7 heteroatoms. The average Bonchev–Trinajstić information content (AvgIpc) is 3.13. The van der Waals surface area contributed by atoms with Crippen LogP contribution in [-0.4, -0.2) is 24.7 Å². The van der Waals surface area contributed by atoms with Crippen molar-refractivity contribution in [1.29, 1.82) is 0 Å². The Morgan fingerprint density at radius 1 is 1.24 bits per heavy atom. The molecular weight excluding hydrogens is 350 g/mol. The molecule has 3 heterocycles. The maximum atomic E-state index is 4.72. The molecule has 4 rings (SSSR count). The van der Waals surface area contributed by atoms with Crippen LogP contribution in [0.25, 0.3) is 0 Å².